The van der Waals surface area contributed by atoms with Crippen LogP contribution in [0.5, 0.6) is 0 Å². The first-order valence-electron chi connectivity index (χ1n) is 6.00. The predicted octanol–water partition coefficient (Wildman–Crippen LogP) is 2.67. The van der Waals surface area contributed by atoms with E-state index in [0.717, 1.165) is 18.3 Å². The fraction of sp³-hybridized carbons (Fsp3) is 0.286. The summed E-state index contributed by atoms with van der Waals surface area (Å²) < 4.78 is 0. The van der Waals surface area contributed by atoms with Gasteiger partial charge >= 0.3 is 0 Å². The van der Waals surface area contributed by atoms with Crippen LogP contribution in [-0.2, 0) is 6.42 Å². The summed E-state index contributed by atoms with van der Waals surface area (Å²) in [4.78, 5) is 11.0. The lowest BCUT2D eigenvalue weighted by atomic mass is 10.00. The number of aldehydes is 1. The molecule has 4 heteroatoms. The summed E-state index contributed by atoms with van der Waals surface area (Å²) in [5.74, 6) is 0.871. The molecule has 2 aromatic rings. The van der Waals surface area contributed by atoms with Crippen molar-refractivity contribution in [2.75, 3.05) is 5.73 Å². The van der Waals surface area contributed by atoms with Crippen molar-refractivity contribution in [3.05, 3.63) is 35.4 Å². The Labute approximate surface area is 106 Å². The van der Waals surface area contributed by atoms with Gasteiger partial charge in [0.1, 0.15) is 0 Å². The van der Waals surface area contributed by atoms with Crippen molar-refractivity contribution in [1.29, 1.82) is 0 Å². The molecule has 0 bridgehead atoms. The second kappa shape index (κ2) is 5.04. The molecular weight excluding hydrogens is 226 g/mol. The van der Waals surface area contributed by atoms with E-state index in [9.17, 15) is 4.79 Å². The largest absolute Gasteiger partial charge is 0.382 e. The Morgan fingerprint density at radius 3 is 2.56 bits per heavy atom. The van der Waals surface area contributed by atoms with Crippen molar-refractivity contribution < 1.29 is 4.79 Å². The maximum atomic E-state index is 11.0. The molecule has 18 heavy (non-hydrogen) atoms. The number of rotatable bonds is 4. The van der Waals surface area contributed by atoms with Gasteiger partial charge in [0.05, 0.1) is 11.3 Å². The molecule has 0 spiro atoms. The zero-order valence-corrected chi connectivity index (χ0v) is 10.6. The Bertz CT molecular complexity index is 541. The van der Waals surface area contributed by atoms with Gasteiger partial charge < -0.3 is 5.73 Å². The number of hydrogen-bond acceptors (Lipinski definition) is 3. The number of carbonyl (C=O) groups excluding carboxylic acids is 1. The molecule has 0 aliphatic heterocycles. The second-order valence-corrected chi connectivity index (χ2v) is 4.81. The Hall–Kier alpha value is -2.10. The Balaban J connectivity index is 2.31. The molecule has 0 unspecified atom stereocenters. The van der Waals surface area contributed by atoms with Crippen molar-refractivity contribution in [3.63, 3.8) is 0 Å². The van der Waals surface area contributed by atoms with Crippen LogP contribution in [0, 0.1) is 5.92 Å². The highest BCUT2D eigenvalue weighted by molar-refractivity contribution is 5.91. The number of anilines is 1. The number of benzene rings is 1. The lowest BCUT2D eigenvalue weighted by molar-refractivity contribution is 0.112. The molecule has 2 rings (SSSR count). The SMILES string of the molecule is CC(C)Cc1ccc(-c2[nH]nc(N)c2C=O)cc1. The Kier molecular flexibility index (Phi) is 3.46. The Morgan fingerprint density at radius 1 is 1.33 bits per heavy atom. The van der Waals surface area contributed by atoms with Crippen molar-refractivity contribution in [2.24, 2.45) is 5.92 Å². The molecule has 0 atom stereocenters. The molecule has 1 heterocycles. The van der Waals surface area contributed by atoms with Gasteiger partial charge in [-0.2, -0.15) is 5.10 Å². The lowest BCUT2D eigenvalue weighted by Gasteiger charge is -2.06. The summed E-state index contributed by atoms with van der Waals surface area (Å²) in [5.41, 5.74) is 8.92. The third kappa shape index (κ3) is 2.42. The van der Waals surface area contributed by atoms with Crippen LogP contribution in [-0.4, -0.2) is 16.5 Å². The summed E-state index contributed by atoms with van der Waals surface area (Å²) >= 11 is 0. The minimum atomic E-state index is 0.242. The van der Waals surface area contributed by atoms with Gasteiger partial charge in [-0.15, -0.1) is 0 Å². The van der Waals surface area contributed by atoms with Gasteiger partial charge in [0.2, 0.25) is 0 Å². The monoisotopic (exact) mass is 243 g/mol. The molecule has 0 aliphatic rings. The first-order valence-corrected chi connectivity index (χ1v) is 6.00. The first-order chi connectivity index (χ1) is 8.61. The van der Waals surface area contributed by atoms with Crippen LogP contribution in [0.25, 0.3) is 11.3 Å². The molecule has 0 saturated carbocycles. The number of hydrogen-bond donors (Lipinski definition) is 2. The average molecular weight is 243 g/mol. The molecule has 0 radical (unpaired) electrons. The average Bonchev–Trinajstić information content (AvgIpc) is 2.70. The number of nitrogens with one attached hydrogen (secondary N) is 1. The zero-order chi connectivity index (χ0) is 13.1. The second-order valence-electron chi connectivity index (χ2n) is 4.81. The molecule has 1 aromatic carbocycles. The van der Waals surface area contributed by atoms with E-state index < -0.39 is 0 Å². The smallest absolute Gasteiger partial charge is 0.156 e. The number of aromatic amines is 1. The summed E-state index contributed by atoms with van der Waals surface area (Å²) in [6, 6.07) is 8.11. The van der Waals surface area contributed by atoms with Crippen LogP contribution >= 0.6 is 0 Å². The van der Waals surface area contributed by atoms with Gasteiger partial charge in [0, 0.05) is 5.56 Å². The maximum Gasteiger partial charge on any atom is 0.156 e. The fourth-order valence-electron chi connectivity index (χ4n) is 1.98. The van der Waals surface area contributed by atoms with E-state index in [1.165, 1.54) is 5.56 Å². The van der Waals surface area contributed by atoms with Gasteiger partial charge in [-0.25, -0.2) is 0 Å². The first kappa shape index (κ1) is 12.4. The lowest BCUT2D eigenvalue weighted by Crippen LogP contribution is -1.94. The number of H-pyrrole nitrogens is 1. The highest BCUT2D eigenvalue weighted by Gasteiger charge is 2.11. The molecule has 0 fully saturated rings. The Morgan fingerprint density at radius 2 is 2.00 bits per heavy atom. The highest BCUT2D eigenvalue weighted by atomic mass is 16.1. The van der Waals surface area contributed by atoms with Crippen LogP contribution in [0.4, 0.5) is 5.82 Å². The summed E-state index contributed by atoms with van der Waals surface area (Å²) in [7, 11) is 0. The van der Waals surface area contributed by atoms with Crippen LogP contribution in [0.15, 0.2) is 24.3 Å². The molecule has 0 saturated heterocycles. The van der Waals surface area contributed by atoms with E-state index in [0.29, 0.717) is 17.2 Å². The third-order valence-corrected chi connectivity index (χ3v) is 2.84. The van der Waals surface area contributed by atoms with E-state index in [1.807, 2.05) is 12.1 Å². The minimum Gasteiger partial charge on any atom is -0.382 e. The van der Waals surface area contributed by atoms with Crippen LogP contribution < -0.4 is 5.73 Å². The summed E-state index contributed by atoms with van der Waals surface area (Å²) in [6.45, 7) is 4.38. The number of nitrogens with zero attached hydrogens (tertiary/aromatic N) is 1. The van der Waals surface area contributed by atoms with Crippen molar-refractivity contribution >= 4 is 12.1 Å². The predicted molar refractivity (Wildman–Crippen MR) is 72.4 cm³/mol. The zero-order valence-electron chi connectivity index (χ0n) is 10.6. The molecular formula is C14H17N3O. The highest BCUT2D eigenvalue weighted by Crippen LogP contribution is 2.24. The van der Waals surface area contributed by atoms with E-state index >= 15 is 0 Å². The summed E-state index contributed by atoms with van der Waals surface area (Å²) in [5, 5.41) is 6.65. The van der Waals surface area contributed by atoms with E-state index in [-0.39, 0.29) is 5.82 Å². The van der Waals surface area contributed by atoms with Crippen molar-refractivity contribution in [3.8, 4) is 11.3 Å². The number of aromatic nitrogens is 2. The van der Waals surface area contributed by atoms with Gasteiger partial charge in [-0.3, -0.25) is 9.89 Å². The van der Waals surface area contributed by atoms with Gasteiger partial charge in [-0.1, -0.05) is 38.1 Å². The normalized spacial score (nSPS) is 10.8. The topological polar surface area (TPSA) is 71.8 Å². The van der Waals surface area contributed by atoms with E-state index in [1.54, 1.807) is 0 Å². The quantitative estimate of drug-likeness (QED) is 0.811. The molecule has 94 valence electrons. The maximum absolute atomic E-state index is 11.0. The van der Waals surface area contributed by atoms with Crippen LogP contribution in [0.1, 0.15) is 29.8 Å². The molecule has 1 aromatic heterocycles. The molecule has 3 N–H and O–H groups in total. The van der Waals surface area contributed by atoms with Gasteiger partial charge in [0.15, 0.2) is 12.1 Å². The van der Waals surface area contributed by atoms with Gasteiger partial charge in [-0.05, 0) is 17.9 Å². The van der Waals surface area contributed by atoms with E-state index in [4.69, 9.17) is 5.73 Å². The standard InChI is InChI=1S/C14H17N3O/c1-9(2)7-10-3-5-11(6-4-10)13-12(8-18)14(15)17-16-13/h3-6,8-9H,7H2,1-2H3,(H3,15,16,17). The minimum absolute atomic E-state index is 0.242. The molecule has 0 amide bonds. The number of carbonyl (C=O) groups is 1. The van der Waals surface area contributed by atoms with Gasteiger partial charge in [0.25, 0.3) is 0 Å². The number of nitrogens with two attached hydrogens (primary N) is 1. The fourth-order valence-corrected chi connectivity index (χ4v) is 1.98. The van der Waals surface area contributed by atoms with Crippen molar-refractivity contribution in [2.45, 2.75) is 20.3 Å². The molecule has 4 nitrogen and oxygen atoms in total. The molecule has 0 aliphatic carbocycles. The van der Waals surface area contributed by atoms with E-state index in [2.05, 4.69) is 36.2 Å². The summed E-state index contributed by atoms with van der Waals surface area (Å²) in [6.07, 6.45) is 1.78. The van der Waals surface area contributed by atoms with Crippen LogP contribution in [0.3, 0.4) is 0 Å². The third-order valence-electron chi connectivity index (χ3n) is 2.84. The van der Waals surface area contributed by atoms with Crippen LogP contribution in [0.2, 0.25) is 0 Å². The van der Waals surface area contributed by atoms with Crippen molar-refractivity contribution in [1.82, 2.24) is 10.2 Å². The number of nitrogen functional groups attached to an aromatic ring is 1.